The monoisotopic (exact) mass is 181 g/mol. The standard InChI is InChI=1S/C12H23N/c1-4-5-6-10-7-11(13)9-12(2,3)8-10/h7,11H,4-6,8-9,13H2,1-3H3. The summed E-state index contributed by atoms with van der Waals surface area (Å²) in [5.41, 5.74) is 8.01. The van der Waals surface area contributed by atoms with Gasteiger partial charge in [-0.15, -0.1) is 0 Å². The first kappa shape index (κ1) is 10.8. The van der Waals surface area contributed by atoms with E-state index in [0.717, 1.165) is 6.42 Å². The van der Waals surface area contributed by atoms with Gasteiger partial charge in [0.25, 0.3) is 0 Å². The van der Waals surface area contributed by atoms with Crippen molar-refractivity contribution >= 4 is 0 Å². The predicted molar refractivity (Wildman–Crippen MR) is 58.6 cm³/mol. The molecule has 1 aliphatic carbocycles. The van der Waals surface area contributed by atoms with Gasteiger partial charge in [-0.1, -0.05) is 38.8 Å². The molecule has 1 nitrogen and oxygen atoms in total. The van der Waals surface area contributed by atoms with Crippen LogP contribution >= 0.6 is 0 Å². The van der Waals surface area contributed by atoms with Crippen LogP contribution in [-0.4, -0.2) is 6.04 Å². The average Bonchev–Trinajstić information content (AvgIpc) is 1.97. The van der Waals surface area contributed by atoms with Crippen molar-refractivity contribution in [2.45, 2.75) is 58.9 Å². The van der Waals surface area contributed by atoms with Crippen LogP contribution in [0.3, 0.4) is 0 Å². The third-order valence-corrected chi connectivity index (χ3v) is 2.80. The topological polar surface area (TPSA) is 26.0 Å². The Morgan fingerprint density at radius 2 is 2.23 bits per heavy atom. The number of hydrogen-bond acceptors (Lipinski definition) is 1. The normalized spacial score (nSPS) is 27.1. The Morgan fingerprint density at radius 3 is 2.77 bits per heavy atom. The van der Waals surface area contributed by atoms with Crippen LogP contribution < -0.4 is 5.73 Å². The summed E-state index contributed by atoms with van der Waals surface area (Å²) >= 11 is 0. The Labute approximate surface area is 82.4 Å². The lowest BCUT2D eigenvalue weighted by Gasteiger charge is -2.33. The van der Waals surface area contributed by atoms with Crippen LogP contribution in [0.25, 0.3) is 0 Å². The molecule has 0 aromatic rings. The highest BCUT2D eigenvalue weighted by molar-refractivity contribution is 5.13. The molecule has 0 bridgehead atoms. The molecular weight excluding hydrogens is 158 g/mol. The lowest BCUT2D eigenvalue weighted by atomic mass is 9.74. The predicted octanol–water partition coefficient (Wildman–Crippen LogP) is 3.25. The summed E-state index contributed by atoms with van der Waals surface area (Å²) in [4.78, 5) is 0. The highest BCUT2D eigenvalue weighted by atomic mass is 14.6. The summed E-state index contributed by atoms with van der Waals surface area (Å²) in [7, 11) is 0. The van der Waals surface area contributed by atoms with E-state index < -0.39 is 0 Å². The van der Waals surface area contributed by atoms with E-state index in [1.165, 1.54) is 25.7 Å². The van der Waals surface area contributed by atoms with Crippen molar-refractivity contribution in [1.82, 2.24) is 0 Å². The van der Waals surface area contributed by atoms with Gasteiger partial charge in [0.2, 0.25) is 0 Å². The second kappa shape index (κ2) is 4.28. The molecule has 1 atom stereocenters. The second-order valence-corrected chi connectivity index (χ2v) is 5.14. The number of hydrogen-bond donors (Lipinski definition) is 1. The van der Waals surface area contributed by atoms with Crippen LogP contribution in [0.1, 0.15) is 52.9 Å². The fourth-order valence-corrected chi connectivity index (χ4v) is 2.32. The van der Waals surface area contributed by atoms with E-state index in [0.29, 0.717) is 11.5 Å². The molecule has 1 heteroatoms. The van der Waals surface area contributed by atoms with Gasteiger partial charge in [-0.05, 0) is 31.1 Å². The first-order chi connectivity index (χ1) is 6.03. The zero-order valence-electron chi connectivity index (χ0n) is 9.27. The molecule has 0 aromatic carbocycles. The first-order valence-electron chi connectivity index (χ1n) is 5.48. The molecule has 0 aliphatic heterocycles. The summed E-state index contributed by atoms with van der Waals surface area (Å²) in [6, 6.07) is 0.301. The maximum Gasteiger partial charge on any atom is 0.0231 e. The van der Waals surface area contributed by atoms with Gasteiger partial charge in [-0.2, -0.15) is 0 Å². The highest BCUT2D eigenvalue weighted by Gasteiger charge is 2.26. The molecule has 1 aliphatic rings. The summed E-state index contributed by atoms with van der Waals surface area (Å²) < 4.78 is 0. The maximum atomic E-state index is 6.00. The molecular formula is C12H23N. The zero-order chi connectivity index (χ0) is 9.90. The van der Waals surface area contributed by atoms with Gasteiger partial charge in [-0.25, -0.2) is 0 Å². The van der Waals surface area contributed by atoms with E-state index in [2.05, 4.69) is 26.8 Å². The third kappa shape index (κ3) is 3.51. The highest BCUT2D eigenvalue weighted by Crippen LogP contribution is 2.36. The Morgan fingerprint density at radius 1 is 1.54 bits per heavy atom. The van der Waals surface area contributed by atoms with E-state index in [4.69, 9.17) is 5.73 Å². The molecule has 0 amide bonds. The van der Waals surface area contributed by atoms with Gasteiger partial charge in [0, 0.05) is 6.04 Å². The van der Waals surface area contributed by atoms with Gasteiger partial charge < -0.3 is 5.73 Å². The van der Waals surface area contributed by atoms with E-state index in [-0.39, 0.29) is 0 Å². The summed E-state index contributed by atoms with van der Waals surface area (Å²) in [6.07, 6.45) is 8.54. The minimum Gasteiger partial charge on any atom is -0.324 e. The van der Waals surface area contributed by atoms with E-state index in [9.17, 15) is 0 Å². The average molecular weight is 181 g/mol. The van der Waals surface area contributed by atoms with Crippen molar-refractivity contribution in [3.8, 4) is 0 Å². The molecule has 0 radical (unpaired) electrons. The number of nitrogens with two attached hydrogens (primary N) is 1. The maximum absolute atomic E-state index is 6.00. The zero-order valence-corrected chi connectivity index (χ0v) is 9.27. The fourth-order valence-electron chi connectivity index (χ4n) is 2.32. The van der Waals surface area contributed by atoms with Gasteiger partial charge >= 0.3 is 0 Å². The minimum atomic E-state index is 0.301. The Balaban J connectivity index is 2.53. The third-order valence-electron chi connectivity index (χ3n) is 2.80. The van der Waals surface area contributed by atoms with Crippen molar-refractivity contribution in [3.63, 3.8) is 0 Å². The number of unbranched alkanes of at least 4 members (excludes halogenated alkanes) is 1. The molecule has 0 fully saturated rings. The molecule has 2 N–H and O–H groups in total. The molecule has 0 aromatic heterocycles. The largest absolute Gasteiger partial charge is 0.324 e. The molecule has 76 valence electrons. The van der Waals surface area contributed by atoms with E-state index in [1.807, 2.05) is 0 Å². The minimum absolute atomic E-state index is 0.301. The van der Waals surface area contributed by atoms with Crippen LogP contribution in [0, 0.1) is 5.41 Å². The fraction of sp³-hybridized carbons (Fsp3) is 0.833. The summed E-state index contributed by atoms with van der Waals surface area (Å²) in [5, 5.41) is 0. The molecule has 0 heterocycles. The Hall–Kier alpha value is -0.300. The summed E-state index contributed by atoms with van der Waals surface area (Å²) in [5.74, 6) is 0. The first-order valence-corrected chi connectivity index (χ1v) is 5.48. The van der Waals surface area contributed by atoms with Crippen LogP contribution in [-0.2, 0) is 0 Å². The van der Waals surface area contributed by atoms with Crippen molar-refractivity contribution in [2.75, 3.05) is 0 Å². The van der Waals surface area contributed by atoms with Crippen LogP contribution in [0.2, 0.25) is 0 Å². The van der Waals surface area contributed by atoms with E-state index in [1.54, 1.807) is 5.57 Å². The van der Waals surface area contributed by atoms with Gasteiger partial charge in [0.05, 0.1) is 0 Å². The van der Waals surface area contributed by atoms with Crippen molar-refractivity contribution < 1.29 is 0 Å². The molecule has 1 rings (SSSR count). The van der Waals surface area contributed by atoms with Gasteiger partial charge in [0.1, 0.15) is 0 Å². The van der Waals surface area contributed by atoms with Crippen molar-refractivity contribution in [1.29, 1.82) is 0 Å². The number of rotatable bonds is 3. The molecule has 1 unspecified atom stereocenters. The summed E-state index contributed by atoms with van der Waals surface area (Å²) in [6.45, 7) is 6.89. The molecule has 0 spiro atoms. The number of allylic oxidation sites excluding steroid dienone is 1. The van der Waals surface area contributed by atoms with Crippen molar-refractivity contribution in [3.05, 3.63) is 11.6 Å². The second-order valence-electron chi connectivity index (χ2n) is 5.14. The van der Waals surface area contributed by atoms with Crippen LogP contribution in [0.5, 0.6) is 0 Å². The molecule has 0 saturated heterocycles. The SMILES string of the molecule is CCCCC1=CC(N)CC(C)(C)C1. The van der Waals surface area contributed by atoms with Gasteiger partial charge in [0.15, 0.2) is 0 Å². The Kier molecular flexibility index (Phi) is 3.55. The van der Waals surface area contributed by atoms with Crippen molar-refractivity contribution in [2.24, 2.45) is 11.1 Å². The lowest BCUT2D eigenvalue weighted by molar-refractivity contribution is 0.297. The van der Waals surface area contributed by atoms with E-state index >= 15 is 0 Å². The molecule has 13 heavy (non-hydrogen) atoms. The Bertz CT molecular complexity index is 191. The quantitative estimate of drug-likeness (QED) is 0.664. The van der Waals surface area contributed by atoms with Crippen LogP contribution in [0.15, 0.2) is 11.6 Å². The van der Waals surface area contributed by atoms with Gasteiger partial charge in [-0.3, -0.25) is 0 Å². The molecule has 0 saturated carbocycles. The smallest absolute Gasteiger partial charge is 0.0231 e. The van der Waals surface area contributed by atoms with Crippen LogP contribution in [0.4, 0.5) is 0 Å². The lowest BCUT2D eigenvalue weighted by Crippen LogP contribution is -2.30.